The van der Waals surface area contributed by atoms with Gasteiger partial charge in [0.2, 0.25) is 0 Å². The van der Waals surface area contributed by atoms with Crippen LogP contribution in [-0.4, -0.2) is 25.7 Å². The Morgan fingerprint density at radius 1 is 1.16 bits per heavy atom. The summed E-state index contributed by atoms with van der Waals surface area (Å²) in [7, 11) is -3.37. The zero-order chi connectivity index (χ0) is 22.9. The normalized spacial score (nSPS) is 12.5. The maximum atomic E-state index is 14.7. The topological polar surface area (TPSA) is 109 Å². The summed E-state index contributed by atoms with van der Waals surface area (Å²) in [6, 6.07) is 9.21. The molecule has 10 heteroatoms. The number of carbonyl (C=O) groups is 1. The molecule has 0 fully saturated rings. The number of rotatable bonds is 7. The van der Waals surface area contributed by atoms with Gasteiger partial charge in [-0.1, -0.05) is 6.92 Å². The maximum Gasteiger partial charge on any atom is 0.251 e. The molecule has 0 radical (unpaired) electrons. The highest BCUT2D eigenvalue weighted by atomic mass is 32.2. The van der Waals surface area contributed by atoms with Crippen LogP contribution in [0.15, 0.2) is 47.4 Å². The minimum absolute atomic E-state index is 0.0312. The molecule has 1 heterocycles. The standard InChI is InChI=1S/C21H20F2N2O4S2/c1-3-17(26)11-8-15(22)19(16(23)9-11)18-10-14(20(24)27)21(30-18)25-12-4-6-13(7-5-12)31(2,28)29/h4-10,17,25-26H,3H2,1-2H3,(H2,24,27). The van der Waals surface area contributed by atoms with Crippen molar-refractivity contribution in [2.45, 2.75) is 24.3 Å². The van der Waals surface area contributed by atoms with E-state index in [0.29, 0.717) is 12.1 Å². The van der Waals surface area contributed by atoms with E-state index in [0.717, 1.165) is 29.7 Å². The van der Waals surface area contributed by atoms with Crippen molar-refractivity contribution in [1.82, 2.24) is 0 Å². The number of nitrogens with two attached hydrogens (primary N) is 1. The van der Waals surface area contributed by atoms with E-state index in [9.17, 15) is 27.1 Å². The lowest BCUT2D eigenvalue weighted by Gasteiger charge is -2.11. The first-order valence-corrected chi connectivity index (χ1v) is 11.9. The van der Waals surface area contributed by atoms with E-state index in [2.05, 4.69) is 5.32 Å². The molecule has 0 aliphatic heterocycles. The van der Waals surface area contributed by atoms with Gasteiger partial charge in [0.15, 0.2) is 9.84 Å². The number of primary amides is 1. The molecule has 0 bridgehead atoms. The SMILES string of the molecule is CCC(O)c1cc(F)c(-c2cc(C(N)=O)c(Nc3ccc(S(C)(=O)=O)cc3)s2)c(F)c1. The fraction of sp³-hybridized carbons (Fsp3) is 0.190. The van der Waals surface area contributed by atoms with Crippen LogP contribution in [0.3, 0.4) is 0 Å². The summed E-state index contributed by atoms with van der Waals surface area (Å²) >= 11 is 0.921. The van der Waals surface area contributed by atoms with Crippen molar-refractivity contribution >= 4 is 37.8 Å². The molecular weight excluding hydrogens is 446 g/mol. The van der Waals surface area contributed by atoms with Crippen LogP contribution in [0.5, 0.6) is 0 Å². The summed E-state index contributed by atoms with van der Waals surface area (Å²) in [5.41, 5.74) is 5.71. The number of aliphatic hydroxyl groups is 1. The Morgan fingerprint density at radius 2 is 1.74 bits per heavy atom. The van der Waals surface area contributed by atoms with Crippen LogP contribution in [0.4, 0.5) is 19.5 Å². The largest absolute Gasteiger partial charge is 0.388 e. The number of aliphatic hydroxyl groups excluding tert-OH is 1. The molecule has 164 valence electrons. The van der Waals surface area contributed by atoms with Gasteiger partial charge in [0.05, 0.1) is 22.1 Å². The monoisotopic (exact) mass is 466 g/mol. The highest BCUT2D eigenvalue weighted by Gasteiger charge is 2.22. The first-order chi connectivity index (χ1) is 14.5. The van der Waals surface area contributed by atoms with E-state index < -0.39 is 33.5 Å². The number of hydrogen-bond donors (Lipinski definition) is 3. The van der Waals surface area contributed by atoms with Gasteiger partial charge < -0.3 is 16.2 Å². The maximum absolute atomic E-state index is 14.7. The smallest absolute Gasteiger partial charge is 0.251 e. The second-order valence-corrected chi connectivity index (χ2v) is 9.99. The Balaban J connectivity index is 2.01. The van der Waals surface area contributed by atoms with Crippen LogP contribution in [0, 0.1) is 11.6 Å². The fourth-order valence-electron chi connectivity index (χ4n) is 2.96. The lowest BCUT2D eigenvalue weighted by atomic mass is 10.0. The van der Waals surface area contributed by atoms with Crippen molar-refractivity contribution in [3.63, 3.8) is 0 Å². The summed E-state index contributed by atoms with van der Waals surface area (Å²) in [5.74, 6) is -2.54. The molecule has 1 aromatic heterocycles. The van der Waals surface area contributed by atoms with Crippen LogP contribution in [0.25, 0.3) is 10.4 Å². The number of amides is 1. The third-order valence-electron chi connectivity index (χ3n) is 4.62. The average molecular weight is 467 g/mol. The van der Waals surface area contributed by atoms with Crippen LogP contribution in [-0.2, 0) is 9.84 Å². The Morgan fingerprint density at radius 3 is 2.23 bits per heavy atom. The highest BCUT2D eigenvalue weighted by Crippen LogP contribution is 2.40. The van der Waals surface area contributed by atoms with Gasteiger partial charge in [-0.05, 0) is 54.4 Å². The second kappa shape index (κ2) is 8.74. The number of hydrogen-bond acceptors (Lipinski definition) is 6. The predicted octanol–water partition coefficient (Wildman–Crippen LogP) is 4.38. The summed E-state index contributed by atoms with van der Waals surface area (Å²) in [5, 5.41) is 13.0. The van der Waals surface area contributed by atoms with Crippen molar-refractivity contribution in [2.24, 2.45) is 5.73 Å². The molecule has 0 saturated carbocycles. The third-order valence-corrected chi connectivity index (χ3v) is 6.82. The van der Waals surface area contributed by atoms with Gasteiger partial charge in [-0.3, -0.25) is 4.79 Å². The molecule has 6 nitrogen and oxygen atoms in total. The molecule has 0 aliphatic rings. The number of anilines is 2. The lowest BCUT2D eigenvalue weighted by Crippen LogP contribution is -2.11. The zero-order valence-corrected chi connectivity index (χ0v) is 18.3. The molecule has 0 spiro atoms. The molecule has 3 aromatic rings. The molecular formula is C21H20F2N2O4S2. The fourth-order valence-corrected chi connectivity index (χ4v) is 4.73. The zero-order valence-electron chi connectivity index (χ0n) is 16.6. The van der Waals surface area contributed by atoms with Crippen molar-refractivity contribution in [1.29, 1.82) is 0 Å². The number of halogens is 2. The first-order valence-electron chi connectivity index (χ1n) is 9.19. The highest BCUT2D eigenvalue weighted by molar-refractivity contribution is 7.90. The summed E-state index contributed by atoms with van der Waals surface area (Å²) in [6.07, 6.45) is 0.393. The van der Waals surface area contributed by atoms with E-state index in [1.807, 2.05) is 0 Å². The van der Waals surface area contributed by atoms with Gasteiger partial charge >= 0.3 is 0 Å². The van der Waals surface area contributed by atoms with Crippen LogP contribution < -0.4 is 11.1 Å². The van der Waals surface area contributed by atoms with E-state index in [1.54, 1.807) is 6.92 Å². The molecule has 3 rings (SSSR count). The quantitative estimate of drug-likeness (QED) is 0.479. The Kier molecular flexibility index (Phi) is 6.44. The summed E-state index contributed by atoms with van der Waals surface area (Å²) in [6.45, 7) is 1.69. The van der Waals surface area contributed by atoms with Crippen molar-refractivity contribution in [3.05, 3.63) is 65.2 Å². The van der Waals surface area contributed by atoms with E-state index >= 15 is 0 Å². The molecule has 1 atom stereocenters. The Hall–Kier alpha value is -2.82. The van der Waals surface area contributed by atoms with Crippen molar-refractivity contribution < 1.29 is 27.1 Å². The number of benzene rings is 2. The van der Waals surface area contributed by atoms with Gasteiger partial charge in [0.1, 0.15) is 16.6 Å². The van der Waals surface area contributed by atoms with E-state index in [1.165, 1.54) is 30.3 Å². The number of thiophene rings is 1. The van der Waals surface area contributed by atoms with Gasteiger partial charge in [-0.15, -0.1) is 11.3 Å². The minimum Gasteiger partial charge on any atom is -0.388 e. The van der Waals surface area contributed by atoms with Crippen LogP contribution >= 0.6 is 11.3 Å². The molecule has 0 aliphatic carbocycles. The van der Waals surface area contributed by atoms with Crippen molar-refractivity contribution in [3.8, 4) is 10.4 Å². The van der Waals surface area contributed by atoms with Gasteiger partial charge in [-0.2, -0.15) is 0 Å². The van der Waals surface area contributed by atoms with Gasteiger partial charge in [-0.25, -0.2) is 17.2 Å². The average Bonchev–Trinajstić information content (AvgIpc) is 3.10. The second-order valence-electron chi connectivity index (χ2n) is 6.92. The number of nitrogens with one attached hydrogen (secondary N) is 1. The van der Waals surface area contributed by atoms with E-state index in [4.69, 9.17) is 5.73 Å². The van der Waals surface area contributed by atoms with Gasteiger partial charge in [0.25, 0.3) is 5.91 Å². The first kappa shape index (κ1) is 22.9. The molecule has 1 amide bonds. The van der Waals surface area contributed by atoms with Gasteiger partial charge in [0, 0.05) is 16.8 Å². The lowest BCUT2D eigenvalue weighted by molar-refractivity contribution is 0.100. The molecule has 0 saturated heterocycles. The summed E-state index contributed by atoms with van der Waals surface area (Å²) in [4.78, 5) is 12.1. The van der Waals surface area contributed by atoms with Crippen LogP contribution in [0.2, 0.25) is 0 Å². The van der Waals surface area contributed by atoms with E-state index in [-0.39, 0.29) is 31.5 Å². The molecule has 1 unspecified atom stereocenters. The summed E-state index contributed by atoms with van der Waals surface area (Å²) < 4.78 is 52.5. The Labute approximate surface area is 182 Å². The Bertz CT molecular complexity index is 1220. The molecule has 2 aromatic carbocycles. The minimum atomic E-state index is -3.37. The number of carbonyl (C=O) groups excluding carboxylic acids is 1. The third kappa shape index (κ3) is 4.92. The molecule has 4 N–H and O–H groups in total. The molecule has 31 heavy (non-hydrogen) atoms. The van der Waals surface area contributed by atoms with Crippen molar-refractivity contribution in [2.75, 3.05) is 11.6 Å². The number of sulfone groups is 1. The predicted molar refractivity (Wildman–Crippen MR) is 116 cm³/mol. The van der Waals surface area contributed by atoms with Crippen LogP contribution in [0.1, 0.15) is 35.4 Å².